The van der Waals surface area contributed by atoms with Gasteiger partial charge >= 0.3 is 5.97 Å². The molecular formula is C29H35N3O3. The van der Waals surface area contributed by atoms with Crippen LogP contribution in [-0.4, -0.2) is 46.4 Å². The molecule has 1 saturated heterocycles. The van der Waals surface area contributed by atoms with Gasteiger partial charge in [-0.2, -0.15) is 0 Å². The molecule has 1 unspecified atom stereocenters. The SMILES string of the molecule is CCOC(=O)C1CCN(C(C)c2ccc(C(=O)N(Cc3ccccc3)Cc3ccccc3)[nH]2)CC1. The van der Waals surface area contributed by atoms with E-state index >= 15 is 0 Å². The summed E-state index contributed by atoms with van der Waals surface area (Å²) in [5, 5.41) is 0. The van der Waals surface area contributed by atoms with Gasteiger partial charge in [0.05, 0.1) is 12.5 Å². The van der Waals surface area contributed by atoms with Crippen LogP contribution in [0.5, 0.6) is 0 Å². The number of rotatable bonds is 9. The van der Waals surface area contributed by atoms with Gasteiger partial charge in [0.15, 0.2) is 0 Å². The van der Waals surface area contributed by atoms with Gasteiger partial charge in [-0.15, -0.1) is 0 Å². The van der Waals surface area contributed by atoms with E-state index in [1.165, 1.54) is 0 Å². The fourth-order valence-electron chi connectivity index (χ4n) is 4.74. The van der Waals surface area contributed by atoms with Gasteiger partial charge in [0, 0.05) is 24.8 Å². The molecule has 4 rings (SSSR count). The number of piperidine rings is 1. The van der Waals surface area contributed by atoms with Crippen LogP contribution in [0.25, 0.3) is 0 Å². The highest BCUT2D eigenvalue weighted by atomic mass is 16.5. The number of aromatic nitrogens is 1. The van der Waals surface area contributed by atoms with Crippen LogP contribution in [0.1, 0.15) is 60.0 Å². The summed E-state index contributed by atoms with van der Waals surface area (Å²) in [5.41, 5.74) is 3.81. The van der Waals surface area contributed by atoms with Gasteiger partial charge in [0.2, 0.25) is 0 Å². The number of H-pyrrole nitrogens is 1. The maximum absolute atomic E-state index is 13.6. The molecule has 184 valence electrons. The molecule has 6 nitrogen and oxygen atoms in total. The zero-order valence-corrected chi connectivity index (χ0v) is 20.7. The van der Waals surface area contributed by atoms with E-state index in [2.05, 4.69) is 16.8 Å². The third kappa shape index (κ3) is 6.40. The molecule has 6 heteroatoms. The Morgan fingerprint density at radius 3 is 2.06 bits per heavy atom. The molecule has 1 N–H and O–H groups in total. The van der Waals surface area contributed by atoms with Gasteiger partial charge in [-0.25, -0.2) is 0 Å². The molecule has 1 aliphatic rings. The molecule has 0 spiro atoms. The Morgan fingerprint density at radius 1 is 0.943 bits per heavy atom. The average Bonchev–Trinajstić information content (AvgIpc) is 3.39. The number of carbonyl (C=O) groups excluding carboxylic acids is 2. The summed E-state index contributed by atoms with van der Waals surface area (Å²) in [7, 11) is 0. The lowest BCUT2D eigenvalue weighted by atomic mass is 9.95. The molecule has 2 aromatic carbocycles. The summed E-state index contributed by atoms with van der Waals surface area (Å²) in [4.78, 5) is 33.3. The van der Waals surface area contributed by atoms with Crippen LogP contribution in [0.15, 0.2) is 72.8 Å². The first kappa shape index (κ1) is 24.7. The number of carbonyl (C=O) groups is 2. The fourth-order valence-corrected chi connectivity index (χ4v) is 4.74. The lowest BCUT2D eigenvalue weighted by Crippen LogP contribution is -2.38. The molecule has 1 atom stereocenters. The molecule has 0 aliphatic carbocycles. The minimum atomic E-state index is -0.0792. The monoisotopic (exact) mass is 473 g/mol. The van der Waals surface area contributed by atoms with Crippen LogP contribution in [0.4, 0.5) is 0 Å². The van der Waals surface area contributed by atoms with E-state index in [0.29, 0.717) is 25.4 Å². The Bertz CT molecular complexity index is 1050. The second-order valence-electron chi connectivity index (χ2n) is 9.20. The molecular weight excluding hydrogens is 438 g/mol. The maximum atomic E-state index is 13.6. The van der Waals surface area contributed by atoms with E-state index in [-0.39, 0.29) is 23.8 Å². The number of ether oxygens (including phenoxy) is 1. The van der Waals surface area contributed by atoms with Crippen molar-refractivity contribution >= 4 is 11.9 Å². The molecule has 1 aliphatic heterocycles. The van der Waals surface area contributed by atoms with E-state index in [0.717, 1.165) is 42.8 Å². The topological polar surface area (TPSA) is 65.6 Å². The van der Waals surface area contributed by atoms with Crippen molar-refractivity contribution in [3.63, 3.8) is 0 Å². The molecule has 0 radical (unpaired) electrons. The number of benzene rings is 2. The van der Waals surface area contributed by atoms with Gasteiger partial charge < -0.3 is 14.6 Å². The average molecular weight is 474 g/mol. The first-order chi connectivity index (χ1) is 17.0. The van der Waals surface area contributed by atoms with Gasteiger partial charge in [0.1, 0.15) is 5.69 Å². The minimum absolute atomic E-state index is 0.0105. The summed E-state index contributed by atoms with van der Waals surface area (Å²) >= 11 is 0. The van der Waals surface area contributed by atoms with E-state index in [1.807, 2.05) is 84.6 Å². The highest BCUT2D eigenvalue weighted by molar-refractivity contribution is 5.92. The second-order valence-corrected chi connectivity index (χ2v) is 9.20. The van der Waals surface area contributed by atoms with Crippen LogP contribution in [-0.2, 0) is 22.6 Å². The van der Waals surface area contributed by atoms with Crippen molar-refractivity contribution in [2.75, 3.05) is 19.7 Å². The largest absolute Gasteiger partial charge is 0.466 e. The van der Waals surface area contributed by atoms with Crippen LogP contribution in [0, 0.1) is 5.92 Å². The number of amides is 1. The summed E-state index contributed by atoms with van der Waals surface area (Å²) in [6.07, 6.45) is 1.61. The Hall–Kier alpha value is -3.38. The van der Waals surface area contributed by atoms with Gasteiger partial charge in [0.25, 0.3) is 5.91 Å². The number of nitrogens with zero attached hydrogens (tertiary/aromatic N) is 2. The van der Waals surface area contributed by atoms with Gasteiger partial charge in [-0.05, 0) is 63.0 Å². The third-order valence-electron chi connectivity index (χ3n) is 6.81. The number of esters is 1. The fraction of sp³-hybridized carbons (Fsp3) is 0.379. The molecule has 0 saturated carbocycles. The number of aromatic amines is 1. The highest BCUT2D eigenvalue weighted by Gasteiger charge is 2.29. The molecule has 2 heterocycles. The maximum Gasteiger partial charge on any atom is 0.309 e. The van der Waals surface area contributed by atoms with Crippen molar-refractivity contribution in [3.05, 3.63) is 95.3 Å². The highest BCUT2D eigenvalue weighted by Crippen LogP contribution is 2.27. The summed E-state index contributed by atoms with van der Waals surface area (Å²) in [6, 6.07) is 24.2. The Morgan fingerprint density at radius 2 is 1.51 bits per heavy atom. The predicted octanol–water partition coefficient (Wildman–Crippen LogP) is 5.19. The van der Waals surface area contributed by atoms with Crippen molar-refractivity contribution in [1.29, 1.82) is 0 Å². The Kier molecular flexibility index (Phi) is 8.37. The molecule has 1 fully saturated rings. The number of nitrogens with one attached hydrogen (secondary N) is 1. The molecule has 35 heavy (non-hydrogen) atoms. The third-order valence-corrected chi connectivity index (χ3v) is 6.81. The smallest absolute Gasteiger partial charge is 0.309 e. The Balaban J connectivity index is 1.44. The molecule has 3 aromatic rings. The standard InChI is InChI=1S/C29H35N3O3/c1-3-35-29(34)25-16-18-31(19-17-25)22(2)26-14-15-27(30-26)28(33)32(20-23-10-6-4-7-11-23)21-24-12-8-5-9-13-24/h4-15,22,25,30H,3,16-21H2,1-2H3. The van der Waals surface area contributed by atoms with Crippen molar-refractivity contribution < 1.29 is 14.3 Å². The van der Waals surface area contributed by atoms with Crippen LogP contribution in [0.2, 0.25) is 0 Å². The second kappa shape index (κ2) is 11.8. The van der Waals surface area contributed by atoms with E-state index in [1.54, 1.807) is 0 Å². The number of hydrogen-bond donors (Lipinski definition) is 1. The zero-order chi connectivity index (χ0) is 24.6. The molecule has 0 bridgehead atoms. The number of likely N-dealkylation sites (tertiary alicyclic amines) is 1. The Labute approximate surface area is 207 Å². The van der Waals surface area contributed by atoms with E-state index < -0.39 is 0 Å². The normalized spacial score (nSPS) is 15.5. The van der Waals surface area contributed by atoms with Crippen LogP contribution < -0.4 is 0 Å². The van der Waals surface area contributed by atoms with Crippen molar-refractivity contribution in [2.45, 2.75) is 45.8 Å². The quantitative estimate of drug-likeness (QED) is 0.434. The van der Waals surface area contributed by atoms with Gasteiger partial charge in [-0.1, -0.05) is 60.7 Å². The first-order valence-corrected chi connectivity index (χ1v) is 12.5. The summed E-state index contributed by atoms with van der Waals surface area (Å²) in [5.74, 6) is -0.106. The summed E-state index contributed by atoms with van der Waals surface area (Å²) in [6.45, 7) is 7.18. The zero-order valence-electron chi connectivity index (χ0n) is 20.7. The minimum Gasteiger partial charge on any atom is -0.466 e. The lowest BCUT2D eigenvalue weighted by Gasteiger charge is -2.34. The molecule has 1 aromatic heterocycles. The van der Waals surface area contributed by atoms with Crippen molar-refractivity contribution in [3.8, 4) is 0 Å². The molecule has 1 amide bonds. The number of hydrogen-bond acceptors (Lipinski definition) is 4. The van der Waals surface area contributed by atoms with E-state index in [9.17, 15) is 9.59 Å². The lowest BCUT2D eigenvalue weighted by molar-refractivity contribution is -0.149. The first-order valence-electron chi connectivity index (χ1n) is 12.5. The van der Waals surface area contributed by atoms with Crippen molar-refractivity contribution in [2.24, 2.45) is 5.92 Å². The predicted molar refractivity (Wildman–Crippen MR) is 137 cm³/mol. The van der Waals surface area contributed by atoms with Gasteiger partial charge in [-0.3, -0.25) is 14.5 Å². The van der Waals surface area contributed by atoms with Crippen LogP contribution in [0.3, 0.4) is 0 Å². The van der Waals surface area contributed by atoms with Crippen LogP contribution >= 0.6 is 0 Å². The van der Waals surface area contributed by atoms with E-state index in [4.69, 9.17) is 4.74 Å². The van der Waals surface area contributed by atoms with Crippen molar-refractivity contribution in [1.82, 2.24) is 14.8 Å². The summed E-state index contributed by atoms with van der Waals surface area (Å²) < 4.78 is 5.19.